The van der Waals surface area contributed by atoms with Gasteiger partial charge in [0.15, 0.2) is 0 Å². The number of nitrogens with one attached hydrogen (secondary N) is 2. The molecule has 34 heavy (non-hydrogen) atoms. The second-order valence-corrected chi connectivity index (χ2v) is 10.7. The van der Waals surface area contributed by atoms with Crippen LogP contribution < -0.4 is 16.4 Å². The summed E-state index contributed by atoms with van der Waals surface area (Å²) in [5.74, 6) is 0. The molecule has 1 atom stereocenters. The van der Waals surface area contributed by atoms with E-state index >= 15 is 0 Å². The SMILES string of the molecule is CN(CC1(c2ccc(-c3cccc(N)c3)cc2)CCNCC1)C(=O)NC1(C)C=C(Cl)C=C(Cl)C1. The predicted octanol–water partition coefficient (Wildman–Crippen LogP) is 5.61. The largest absolute Gasteiger partial charge is 0.399 e. The zero-order valence-corrected chi connectivity index (χ0v) is 21.2. The molecule has 1 aliphatic carbocycles. The summed E-state index contributed by atoms with van der Waals surface area (Å²) in [7, 11) is 1.86. The third-order valence-corrected chi connectivity index (χ3v) is 7.30. The summed E-state index contributed by atoms with van der Waals surface area (Å²) in [6.45, 7) is 4.40. The van der Waals surface area contributed by atoms with Gasteiger partial charge in [0.2, 0.25) is 0 Å². The topological polar surface area (TPSA) is 70.4 Å². The number of hydrogen-bond donors (Lipinski definition) is 3. The predicted molar refractivity (Wildman–Crippen MR) is 142 cm³/mol. The lowest BCUT2D eigenvalue weighted by atomic mass is 9.72. The van der Waals surface area contributed by atoms with E-state index in [2.05, 4.69) is 41.0 Å². The molecule has 1 fully saturated rings. The first kappa shape index (κ1) is 24.6. The Morgan fingerprint density at radius 2 is 1.82 bits per heavy atom. The molecule has 5 nitrogen and oxygen atoms in total. The first-order valence-corrected chi connectivity index (χ1v) is 12.4. The molecule has 1 heterocycles. The molecule has 1 unspecified atom stereocenters. The van der Waals surface area contributed by atoms with E-state index in [-0.39, 0.29) is 11.4 Å². The van der Waals surface area contributed by atoms with Crippen molar-refractivity contribution in [3.63, 3.8) is 0 Å². The average molecular weight is 499 g/mol. The zero-order chi connectivity index (χ0) is 24.3. The minimum absolute atomic E-state index is 0.121. The average Bonchev–Trinajstić information content (AvgIpc) is 2.78. The maximum Gasteiger partial charge on any atom is 0.317 e. The van der Waals surface area contributed by atoms with E-state index in [1.54, 1.807) is 11.0 Å². The molecule has 0 bridgehead atoms. The van der Waals surface area contributed by atoms with Gasteiger partial charge >= 0.3 is 6.03 Å². The normalized spacial score (nSPS) is 21.9. The van der Waals surface area contributed by atoms with E-state index in [1.165, 1.54) is 5.56 Å². The van der Waals surface area contributed by atoms with E-state index in [0.717, 1.165) is 42.7 Å². The molecule has 1 aliphatic heterocycles. The van der Waals surface area contributed by atoms with Gasteiger partial charge in [-0.15, -0.1) is 0 Å². The molecule has 2 aromatic carbocycles. The molecule has 4 N–H and O–H groups in total. The number of allylic oxidation sites excluding steroid dienone is 2. The molecule has 0 spiro atoms. The van der Waals surface area contributed by atoms with Crippen molar-refractivity contribution in [2.45, 2.75) is 37.1 Å². The van der Waals surface area contributed by atoms with E-state index in [4.69, 9.17) is 28.9 Å². The summed E-state index contributed by atoms with van der Waals surface area (Å²) in [6, 6.07) is 16.5. The van der Waals surface area contributed by atoms with Crippen molar-refractivity contribution < 1.29 is 4.79 Å². The number of nitrogens with zero attached hydrogens (tertiary/aromatic N) is 1. The maximum absolute atomic E-state index is 13.2. The molecule has 1 saturated heterocycles. The van der Waals surface area contributed by atoms with Gasteiger partial charge in [0.1, 0.15) is 0 Å². The number of likely N-dealkylation sites (N-methyl/N-ethyl adjacent to an activating group) is 1. The first-order valence-electron chi connectivity index (χ1n) is 11.6. The van der Waals surface area contributed by atoms with E-state index < -0.39 is 5.54 Å². The van der Waals surface area contributed by atoms with Crippen LogP contribution >= 0.6 is 23.2 Å². The summed E-state index contributed by atoms with van der Waals surface area (Å²) in [4.78, 5) is 15.0. The van der Waals surface area contributed by atoms with Crippen LogP contribution in [0.25, 0.3) is 11.1 Å². The molecular weight excluding hydrogens is 467 g/mol. The Bertz CT molecular complexity index is 1110. The molecule has 7 heteroatoms. The van der Waals surface area contributed by atoms with Gasteiger partial charge in [-0.2, -0.15) is 0 Å². The number of amides is 2. The van der Waals surface area contributed by atoms with Gasteiger partial charge in [-0.3, -0.25) is 0 Å². The number of carbonyl (C=O) groups excluding carboxylic acids is 1. The molecule has 2 amide bonds. The smallest absolute Gasteiger partial charge is 0.317 e. The number of nitrogens with two attached hydrogens (primary N) is 1. The fraction of sp³-hybridized carbons (Fsp3) is 0.370. The molecule has 4 rings (SSSR count). The van der Waals surface area contributed by atoms with Crippen LogP contribution in [0.15, 0.2) is 70.7 Å². The highest BCUT2D eigenvalue weighted by molar-refractivity contribution is 6.35. The van der Waals surface area contributed by atoms with Crippen LogP contribution in [0.1, 0.15) is 31.7 Å². The van der Waals surface area contributed by atoms with Gasteiger partial charge in [-0.25, -0.2) is 4.79 Å². The number of carbonyl (C=O) groups is 1. The minimum Gasteiger partial charge on any atom is -0.399 e. The third-order valence-electron chi connectivity index (χ3n) is 6.84. The van der Waals surface area contributed by atoms with Crippen LogP contribution in [0.4, 0.5) is 10.5 Å². The number of rotatable bonds is 5. The summed E-state index contributed by atoms with van der Waals surface area (Å²) >= 11 is 12.4. The Labute approximate surface area is 212 Å². The van der Waals surface area contributed by atoms with Crippen molar-refractivity contribution in [1.82, 2.24) is 15.5 Å². The molecule has 0 saturated carbocycles. The molecule has 2 aliphatic rings. The Balaban J connectivity index is 1.52. The van der Waals surface area contributed by atoms with Gasteiger partial charge in [-0.1, -0.05) is 59.6 Å². The van der Waals surface area contributed by atoms with Crippen molar-refractivity contribution in [1.29, 1.82) is 0 Å². The molecule has 0 radical (unpaired) electrons. The summed E-state index contributed by atoms with van der Waals surface area (Å²) < 4.78 is 0. The number of nitrogen functional groups attached to an aromatic ring is 1. The molecule has 2 aromatic rings. The van der Waals surface area contributed by atoms with Crippen molar-refractivity contribution in [3.05, 3.63) is 76.3 Å². The van der Waals surface area contributed by atoms with E-state index in [1.807, 2.05) is 38.2 Å². The first-order chi connectivity index (χ1) is 16.2. The van der Waals surface area contributed by atoms with Crippen LogP contribution in [0.5, 0.6) is 0 Å². The van der Waals surface area contributed by atoms with Crippen molar-refractivity contribution in [2.24, 2.45) is 0 Å². The lowest BCUT2D eigenvalue weighted by molar-refractivity contribution is 0.174. The molecular formula is C27H32Cl2N4O. The second-order valence-electron chi connectivity index (χ2n) is 9.73. The number of hydrogen-bond acceptors (Lipinski definition) is 3. The Morgan fingerprint density at radius 3 is 2.47 bits per heavy atom. The number of piperidine rings is 1. The number of halogens is 2. The summed E-state index contributed by atoms with van der Waals surface area (Å²) in [5, 5.41) is 7.75. The highest BCUT2D eigenvalue weighted by Gasteiger charge is 2.37. The van der Waals surface area contributed by atoms with Crippen LogP contribution in [-0.2, 0) is 5.41 Å². The van der Waals surface area contributed by atoms with E-state index in [0.29, 0.717) is 23.0 Å². The van der Waals surface area contributed by atoms with E-state index in [9.17, 15) is 4.79 Å². The number of urea groups is 1. The van der Waals surface area contributed by atoms with Crippen molar-refractivity contribution >= 4 is 34.9 Å². The van der Waals surface area contributed by atoms with Gasteiger partial charge in [-0.05, 0) is 73.8 Å². The zero-order valence-electron chi connectivity index (χ0n) is 19.7. The molecule has 0 aromatic heterocycles. The van der Waals surface area contributed by atoms with Crippen molar-refractivity contribution in [2.75, 3.05) is 32.4 Å². The Kier molecular flexibility index (Phi) is 7.27. The highest BCUT2D eigenvalue weighted by atomic mass is 35.5. The van der Waals surface area contributed by atoms with Crippen LogP contribution in [0.2, 0.25) is 0 Å². The monoisotopic (exact) mass is 498 g/mol. The minimum atomic E-state index is -0.616. The van der Waals surface area contributed by atoms with Gasteiger partial charge in [0.05, 0.1) is 5.54 Å². The van der Waals surface area contributed by atoms with Crippen LogP contribution in [0, 0.1) is 0 Å². The number of benzene rings is 2. The van der Waals surface area contributed by atoms with Crippen molar-refractivity contribution in [3.8, 4) is 11.1 Å². The summed E-state index contributed by atoms with van der Waals surface area (Å²) in [5.41, 5.74) is 9.46. The fourth-order valence-corrected chi connectivity index (χ4v) is 5.90. The van der Waals surface area contributed by atoms with Gasteiger partial charge in [0, 0.05) is 41.2 Å². The Hall–Kier alpha value is -2.47. The lowest BCUT2D eigenvalue weighted by Crippen LogP contribution is -2.54. The third kappa shape index (κ3) is 5.60. The quantitative estimate of drug-likeness (QED) is 0.469. The maximum atomic E-state index is 13.2. The second kappa shape index (κ2) is 10.0. The summed E-state index contributed by atoms with van der Waals surface area (Å²) in [6.07, 6.45) is 6.00. The van der Waals surface area contributed by atoms with Gasteiger partial charge < -0.3 is 21.3 Å². The standard InChI is InChI=1S/C27H32Cl2N4O/c1-26(16-22(28)15-23(29)17-26)32-25(34)33(2)18-27(10-12-31-13-11-27)21-8-6-19(7-9-21)20-4-3-5-24(30)14-20/h3-9,14-16,31H,10-13,17-18,30H2,1-2H3,(H,32,34). The number of anilines is 1. The Morgan fingerprint density at radius 1 is 1.12 bits per heavy atom. The van der Waals surface area contributed by atoms with Crippen LogP contribution in [-0.4, -0.2) is 43.2 Å². The highest BCUT2D eigenvalue weighted by Crippen LogP contribution is 2.36. The molecule has 180 valence electrons. The fourth-order valence-electron chi connectivity index (χ4n) is 5.07. The van der Waals surface area contributed by atoms with Gasteiger partial charge in [0.25, 0.3) is 0 Å². The van der Waals surface area contributed by atoms with Crippen LogP contribution in [0.3, 0.4) is 0 Å². The lowest BCUT2D eigenvalue weighted by Gasteiger charge is -2.42.